The van der Waals surface area contributed by atoms with Crippen molar-refractivity contribution >= 4 is 80.4 Å². The normalized spacial score (nSPS) is 12.5. The maximum Gasteiger partial charge on any atom is 0.0784 e. The maximum atomic E-state index is 2.51. The number of rotatable bonds is 6. The molecule has 294 valence electrons. The molecule has 2 heteroatoms. The lowest BCUT2D eigenvalue weighted by Gasteiger charge is -2.24. The molecule has 0 aliphatic heterocycles. The van der Waals surface area contributed by atoms with E-state index in [0.717, 1.165) is 0 Å². The Balaban J connectivity index is 1.41. The number of fused-ring (bicyclic) bond motifs is 2. The summed E-state index contributed by atoms with van der Waals surface area (Å²) in [6, 6.07) is 57.0. The van der Waals surface area contributed by atoms with Crippen molar-refractivity contribution in [3.63, 3.8) is 0 Å². The van der Waals surface area contributed by atoms with Crippen LogP contribution in [0.2, 0.25) is 39.3 Å². The second-order valence-electron chi connectivity index (χ2n) is 19.7. The van der Waals surface area contributed by atoms with Gasteiger partial charge in [0.2, 0.25) is 0 Å². The fraction of sp³-hybridized carbons (Fsp3) is 0.172. The molecule has 10 rings (SSSR count). The van der Waals surface area contributed by atoms with Crippen molar-refractivity contribution in [2.45, 2.75) is 67.0 Å². The SMILES string of the molecule is Cc1cc(C)cc(-c2cc(-c3cccc4c([Si](C)(C)C)cccc34)c3ccc4c(-c5cc(C)cc(C)c5)cc(-c5ccc([Si](C)(C)C)c6ccccc56)c5ccc2c3c45)c1. The quantitative estimate of drug-likeness (QED) is 0.116. The van der Waals surface area contributed by atoms with Crippen LogP contribution in [0, 0.1) is 27.7 Å². The van der Waals surface area contributed by atoms with Gasteiger partial charge in [-0.3, -0.25) is 0 Å². The van der Waals surface area contributed by atoms with E-state index in [9.17, 15) is 0 Å². The summed E-state index contributed by atoms with van der Waals surface area (Å²) < 4.78 is 0. The molecule has 0 saturated carbocycles. The first-order valence-electron chi connectivity index (χ1n) is 21.7. The van der Waals surface area contributed by atoms with E-state index in [4.69, 9.17) is 0 Å². The summed E-state index contributed by atoms with van der Waals surface area (Å²) in [7, 11) is -3.24. The van der Waals surface area contributed by atoms with Crippen LogP contribution in [0.4, 0.5) is 0 Å². The molecule has 0 radical (unpaired) electrons. The van der Waals surface area contributed by atoms with Gasteiger partial charge in [-0.05, 0) is 138 Å². The molecule has 0 atom stereocenters. The van der Waals surface area contributed by atoms with Crippen molar-refractivity contribution < 1.29 is 0 Å². The molecule has 60 heavy (non-hydrogen) atoms. The van der Waals surface area contributed by atoms with Crippen LogP contribution in [-0.2, 0) is 0 Å². The summed E-state index contributed by atoms with van der Waals surface area (Å²) in [4.78, 5) is 0. The molecule has 10 aromatic rings. The highest BCUT2D eigenvalue weighted by Gasteiger charge is 2.26. The van der Waals surface area contributed by atoms with E-state index in [-0.39, 0.29) is 0 Å². The van der Waals surface area contributed by atoms with E-state index in [1.165, 1.54) is 131 Å². The third-order valence-electron chi connectivity index (χ3n) is 13.0. The van der Waals surface area contributed by atoms with Crippen LogP contribution in [0.1, 0.15) is 22.3 Å². The summed E-state index contributed by atoms with van der Waals surface area (Å²) in [6.07, 6.45) is 0. The van der Waals surface area contributed by atoms with Gasteiger partial charge in [-0.1, -0.05) is 205 Å². The zero-order valence-electron chi connectivity index (χ0n) is 36.9. The van der Waals surface area contributed by atoms with Crippen LogP contribution in [0.3, 0.4) is 0 Å². The molecule has 0 aliphatic rings. The van der Waals surface area contributed by atoms with Crippen LogP contribution < -0.4 is 10.4 Å². The molecule has 0 unspecified atom stereocenters. The lowest BCUT2D eigenvalue weighted by atomic mass is 9.80. The first-order chi connectivity index (χ1) is 28.7. The monoisotopic (exact) mass is 806 g/mol. The van der Waals surface area contributed by atoms with Crippen LogP contribution in [0.15, 0.2) is 146 Å². The van der Waals surface area contributed by atoms with E-state index in [1.54, 1.807) is 0 Å². The van der Waals surface area contributed by atoms with Crippen LogP contribution in [0.25, 0.3) is 98.4 Å². The lowest BCUT2D eigenvalue weighted by Crippen LogP contribution is -2.38. The molecule has 0 bridgehead atoms. The first-order valence-corrected chi connectivity index (χ1v) is 28.7. The van der Waals surface area contributed by atoms with Crippen molar-refractivity contribution in [2.24, 2.45) is 0 Å². The summed E-state index contributed by atoms with van der Waals surface area (Å²) in [5.74, 6) is 0. The minimum Gasteiger partial charge on any atom is -0.0656 e. The summed E-state index contributed by atoms with van der Waals surface area (Å²) in [5, 5.41) is 16.4. The summed E-state index contributed by atoms with van der Waals surface area (Å²) in [6.45, 7) is 23.7. The Morgan fingerprint density at radius 2 is 0.633 bits per heavy atom. The minimum atomic E-state index is -1.62. The standard InChI is InChI=1S/C58H54Si2/c1-35-27-36(2)30-39(29-35)51-33-53(43-17-13-19-46-42(43)18-14-20-55(46)59(5,6)7)49-23-21-48-52(40-31-37(3)28-38(4)32-40)34-54(50-24-22-47(51)57(49)58(48)50)44-25-26-56(60(8,9)10)45-16-12-11-15-41(44)45/h11-34H,1-10H3. The Labute approximate surface area is 357 Å². The van der Waals surface area contributed by atoms with Gasteiger partial charge in [0.1, 0.15) is 0 Å². The minimum absolute atomic E-state index is 1.28. The van der Waals surface area contributed by atoms with E-state index in [2.05, 4.69) is 213 Å². The second kappa shape index (κ2) is 13.9. The molecular formula is C58H54Si2. The van der Waals surface area contributed by atoms with Gasteiger partial charge in [-0.25, -0.2) is 0 Å². The number of aryl methyl sites for hydroxylation is 4. The molecule has 0 fully saturated rings. The predicted octanol–water partition coefficient (Wildman–Crippen LogP) is 15.9. The molecule has 0 heterocycles. The molecule has 0 aromatic heterocycles. The Bertz CT molecular complexity index is 3150. The predicted molar refractivity (Wildman–Crippen MR) is 272 cm³/mol. The summed E-state index contributed by atoms with van der Waals surface area (Å²) in [5.41, 5.74) is 15.5. The Kier molecular flexibility index (Phi) is 8.88. The highest BCUT2D eigenvalue weighted by Crippen LogP contribution is 2.50. The number of benzene rings is 10. The van der Waals surface area contributed by atoms with Gasteiger partial charge in [0.15, 0.2) is 0 Å². The van der Waals surface area contributed by atoms with Crippen molar-refractivity contribution in [1.29, 1.82) is 0 Å². The van der Waals surface area contributed by atoms with Crippen molar-refractivity contribution in [2.75, 3.05) is 0 Å². The third kappa shape index (κ3) is 6.23. The lowest BCUT2D eigenvalue weighted by molar-refractivity contribution is 1.39. The molecule has 0 amide bonds. The van der Waals surface area contributed by atoms with Gasteiger partial charge in [0.05, 0.1) is 16.1 Å². The highest BCUT2D eigenvalue weighted by atomic mass is 28.3. The molecular weight excluding hydrogens is 753 g/mol. The van der Waals surface area contributed by atoms with Gasteiger partial charge < -0.3 is 0 Å². The average Bonchev–Trinajstić information content (AvgIpc) is 3.20. The Hall–Kier alpha value is -5.81. The van der Waals surface area contributed by atoms with Crippen molar-refractivity contribution in [3.05, 3.63) is 168 Å². The fourth-order valence-corrected chi connectivity index (χ4v) is 13.8. The Morgan fingerprint density at radius 3 is 1.10 bits per heavy atom. The van der Waals surface area contributed by atoms with E-state index >= 15 is 0 Å². The highest BCUT2D eigenvalue weighted by molar-refractivity contribution is 6.91. The van der Waals surface area contributed by atoms with Gasteiger partial charge in [0, 0.05) is 0 Å². The van der Waals surface area contributed by atoms with Crippen LogP contribution in [0.5, 0.6) is 0 Å². The van der Waals surface area contributed by atoms with Crippen LogP contribution >= 0.6 is 0 Å². The number of hydrogen-bond acceptors (Lipinski definition) is 0. The van der Waals surface area contributed by atoms with Crippen LogP contribution in [-0.4, -0.2) is 16.1 Å². The number of hydrogen-bond donors (Lipinski definition) is 0. The largest absolute Gasteiger partial charge is 0.0784 e. The van der Waals surface area contributed by atoms with E-state index in [0.29, 0.717) is 0 Å². The maximum absolute atomic E-state index is 2.51. The third-order valence-corrected chi connectivity index (χ3v) is 17.1. The molecule has 10 aromatic carbocycles. The van der Waals surface area contributed by atoms with Crippen molar-refractivity contribution in [3.8, 4) is 44.5 Å². The fourth-order valence-electron chi connectivity index (χ4n) is 10.6. The van der Waals surface area contributed by atoms with E-state index < -0.39 is 16.1 Å². The Morgan fingerprint density at radius 1 is 0.267 bits per heavy atom. The molecule has 0 N–H and O–H groups in total. The molecule has 0 saturated heterocycles. The molecule has 0 aliphatic carbocycles. The topological polar surface area (TPSA) is 0 Å². The zero-order chi connectivity index (χ0) is 41.8. The smallest absolute Gasteiger partial charge is 0.0656 e. The zero-order valence-corrected chi connectivity index (χ0v) is 38.9. The van der Waals surface area contributed by atoms with Gasteiger partial charge in [0.25, 0.3) is 0 Å². The van der Waals surface area contributed by atoms with Gasteiger partial charge in [-0.15, -0.1) is 0 Å². The van der Waals surface area contributed by atoms with Crippen molar-refractivity contribution in [1.82, 2.24) is 0 Å². The second-order valence-corrected chi connectivity index (χ2v) is 29.8. The molecule has 0 spiro atoms. The van der Waals surface area contributed by atoms with E-state index in [1.807, 2.05) is 0 Å². The van der Waals surface area contributed by atoms with Gasteiger partial charge in [-0.2, -0.15) is 0 Å². The average molecular weight is 807 g/mol. The molecule has 0 nitrogen and oxygen atoms in total. The first kappa shape index (κ1) is 38.4. The van der Waals surface area contributed by atoms with Gasteiger partial charge >= 0.3 is 0 Å². The summed E-state index contributed by atoms with van der Waals surface area (Å²) >= 11 is 0.